The largest absolute Gasteiger partial charge is 3.00 e. The van der Waals surface area contributed by atoms with Crippen LogP contribution in [0.15, 0.2) is 131 Å². The SMILES string of the molecule is Cc1[n-]n(-c2cccc(S(N)(=O)=O)c2)c(=O)c1N=Nc1ccc([N+](=O)[O-])cc1[O-].Cc1[n-]n(-c2cccc(S(N)(=O)=O)c2)c(=O)c1N=Nc1ccccc1C(=O)[O-].[Cr+3].[H+]. The molecule has 0 bridgehead atoms. The first-order valence-corrected chi connectivity index (χ1v) is 18.7. The molecule has 0 amide bonds. The summed E-state index contributed by atoms with van der Waals surface area (Å²) in [6.45, 7) is 2.99. The maximum Gasteiger partial charge on any atom is 3.00 e. The first-order valence-electron chi connectivity index (χ1n) is 15.6. The minimum absolute atomic E-state index is 0. The maximum atomic E-state index is 12.6. The Labute approximate surface area is 338 Å². The predicted octanol–water partition coefficient (Wildman–Crippen LogP) is 1.79. The molecule has 2 heterocycles. The van der Waals surface area contributed by atoms with Crippen molar-refractivity contribution < 1.29 is 55.6 Å². The fourth-order valence-electron chi connectivity index (χ4n) is 4.80. The van der Waals surface area contributed by atoms with E-state index in [0.29, 0.717) is 0 Å². The molecule has 0 atom stereocenters. The van der Waals surface area contributed by atoms with Gasteiger partial charge in [0.15, 0.2) is 0 Å². The summed E-state index contributed by atoms with van der Waals surface area (Å²) >= 11 is 0. The number of nitro benzene ring substituents is 1. The number of carbonyl (C=O) groups excluding carboxylic acids is 1. The number of nitrogens with two attached hydrogens (primary N) is 2. The average molecular weight is 869 g/mol. The second-order valence-corrected chi connectivity index (χ2v) is 14.6. The van der Waals surface area contributed by atoms with Crippen LogP contribution in [0.2, 0.25) is 0 Å². The Morgan fingerprint density at radius 3 is 1.60 bits per heavy atom. The van der Waals surface area contributed by atoms with Crippen LogP contribution in [0, 0.1) is 24.0 Å². The summed E-state index contributed by atoms with van der Waals surface area (Å²) in [5.41, 5.74) is -1.67. The molecule has 4 N–H and O–H groups in total. The van der Waals surface area contributed by atoms with Gasteiger partial charge in [-0.2, -0.15) is 5.11 Å². The summed E-state index contributed by atoms with van der Waals surface area (Å²) in [5.74, 6) is -2.16. The number of sulfonamides is 2. The van der Waals surface area contributed by atoms with E-state index in [4.69, 9.17) is 10.3 Å². The number of primary sulfonamides is 2. The molecular formula is C33H26CrN11O11S2. The van der Waals surface area contributed by atoms with E-state index < -0.39 is 53.5 Å². The van der Waals surface area contributed by atoms with Crippen molar-refractivity contribution in [2.24, 2.45) is 30.7 Å². The standard InChI is InChI=1S/C17H15N5O5S.C16H14N6O6S.Cr/c1-10-15(20-19-14-8-3-2-7-13(14)17(24)25)16(23)22(21-10)11-5-4-6-12(9-11)28(18,26)27;1-9-15(19-18-13-6-5-11(22(25)26)8-14(13)23)16(24)21(20-9)10-3-2-4-12(7-10)29(17,27)28;/h2-9H,1H3,(H4,18,19,21,23,24,25,26,27);2-8H,1H3,(H4,17,18,19,20,23,24,27,28);/q;;+3/p-3. The molecule has 0 fully saturated rings. The van der Waals surface area contributed by atoms with Gasteiger partial charge in [-0.05, 0) is 48.5 Å². The number of aryl methyl sites for hydroxylation is 2. The zero-order valence-corrected chi connectivity index (χ0v) is 32.5. The quantitative estimate of drug-likeness (QED) is 0.113. The Morgan fingerprint density at radius 1 is 0.707 bits per heavy atom. The summed E-state index contributed by atoms with van der Waals surface area (Å²) in [4.78, 5) is 45.9. The third-order valence-corrected chi connectivity index (χ3v) is 9.37. The molecule has 2 aromatic heterocycles. The summed E-state index contributed by atoms with van der Waals surface area (Å²) in [6, 6.07) is 19.5. The minimum Gasteiger partial charge on any atom is -0.871 e. The predicted molar refractivity (Wildman–Crippen MR) is 196 cm³/mol. The Kier molecular flexibility index (Phi) is 13.2. The van der Waals surface area contributed by atoms with Gasteiger partial charge >= 0.3 is 18.8 Å². The fraction of sp³-hybridized carbons (Fsp3) is 0.0606. The van der Waals surface area contributed by atoms with Crippen LogP contribution in [-0.4, -0.2) is 37.1 Å². The van der Waals surface area contributed by atoms with Gasteiger partial charge in [-0.3, -0.25) is 19.7 Å². The van der Waals surface area contributed by atoms with Crippen molar-refractivity contribution in [2.75, 3.05) is 0 Å². The molecule has 297 valence electrons. The van der Waals surface area contributed by atoms with Gasteiger partial charge in [0.1, 0.15) is 11.4 Å². The van der Waals surface area contributed by atoms with E-state index >= 15 is 0 Å². The summed E-state index contributed by atoms with van der Waals surface area (Å²) < 4.78 is 47.9. The van der Waals surface area contributed by atoms with Crippen molar-refractivity contribution in [3.8, 4) is 17.1 Å². The van der Waals surface area contributed by atoms with Crippen molar-refractivity contribution in [1.29, 1.82) is 0 Å². The second kappa shape index (κ2) is 17.5. The third kappa shape index (κ3) is 9.91. The zero-order chi connectivity index (χ0) is 41.8. The number of aromatic nitrogens is 4. The normalized spacial score (nSPS) is 11.6. The van der Waals surface area contributed by atoms with Gasteiger partial charge in [0.05, 0.1) is 32.1 Å². The number of hydrogen-bond donors (Lipinski definition) is 2. The van der Waals surface area contributed by atoms with Crippen molar-refractivity contribution in [3.05, 3.63) is 139 Å². The zero-order valence-electron chi connectivity index (χ0n) is 30.6. The summed E-state index contributed by atoms with van der Waals surface area (Å²) in [5, 5.41) is 67.0. The van der Waals surface area contributed by atoms with Crippen LogP contribution in [-0.2, 0) is 37.4 Å². The van der Waals surface area contributed by atoms with Crippen LogP contribution < -0.4 is 41.8 Å². The van der Waals surface area contributed by atoms with Gasteiger partial charge < -0.3 is 34.6 Å². The molecule has 0 unspecified atom stereocenters. The van der Waals surface area contributed by atoms with Crippen LogP contribution in [0.1, 0.15) is 23.2 Å². The Balaban J connectivity index is 0.000000305. The molecular weight excluding hydrogens is 843 g/mol. The first kappa shape index (κ1) is 43.8. The molecule has 1 radical (unpaired) electrons. The van der Waals surface area contributed by atoms with E-state index in [1.165, 1.54) is 80.6 Å². The Bertz CT molecular complexity index is 2980. The molecule has 25 heteroatoms. The third-order valence-electron chi connectivity index (χ3n) is 7.55. The van der Waals surface area contributed by atoms with E-state index in [-0.39, 0.29) is 79.7 Å². The molecule has 22 nitrogen and oxygen atoms in total. The number of hydrogen-bond acceptors (Lipinski definition) is 15. The molecule has 4 aromatic carbocycles. The fourth-order valence-corrected chi connectivity index (χ4v) is 5.91. The van der Waals surface area contributed by atoms with Gasteiger partial charge in [0, 0.05) is 29.1 Å². The number of aromatic carboxylic acids is 1. The number of nitrogens with zero attached hydrogens (tertiary/aromatic N) is 9. The van der Waals surface area contributed by atoms with Crippen LogP contribution in [0.3, 0.4) is 0 Å². The molecule has 0 spiro atoms. The number of benzene rings is 4. The smallest absolute Gasteiger partial charge is 0.871 e. The van der Waals surface area contributed by atoms with Gasteiger partial charge in [-0.15, -0.1) is 26.7 Å². The molecule has 0 aliphatic carbocycles. The molecule has 0 aliphatic rings. The van der Waals surface area contributed by atoms with E-state index in [1.54, 1.807) is 6.07 Å². The molecule has 6 aromatic rings. The monoisotopic (exact) mass is 868 g/mol. The molecule has 58 heavy (non-hydrogen) atoms. The van der Waals surface area contributed by atoms with Gasteiger partial charge in [0.25, 0.3) is 16.8 Å². The van der Waals surface area contributed by atoms with Gasteiger partial charge in [-0.1, -0.05) is 49.9 Å². The molecule has 0 saturated carbocycles. The summed E-state index contributed by atoms with van der Waals surface area (Å²) in [7, 11) is -7.93. The van der Waals surface area contributed by atoms with Crippen LogP contribution >= 0.6 is 0 Å². The van der Waals surface area contributed by atoms with Crippen molar-refractivity contribution in [3.63, 3.8) is 0 Å². The topological polar surface area (TPSA) is 348 Å². The van der Waals surface area contributed by atoms with Crippen LogP contribution in [0.4, 0.5) is 28.4 Å². The van der Waals surface area contributed by atoms with Crippen LogP contribution in [0.25, 0.3) is 11.4 Å². The van der Waals surface area contributed by atoms with Crippen molar-refractivity contribution in [1.82, 2.24) is 19.6 Å². The number of nitro groups is 1. The van der Waals surface area contributed by atoms with Crippen molar-refractivity contribution in [2.45, 2.75) is 23.6 Å². The number of carboxylic acids is 1. The maximum absolute atomic E-state index is 12.6. The molecule has 6 rings (SSSR count). The average Bonchev–Trinajstić information content (AvgIpc) is 3.61. The van der Waals surface area contributed by atoms with Crippen LogP contribution in [0.5, 0.6) is 5.75 Å². The van der Waals surface area contributed by atoms with E-state index in [0.717, 1.165) is 27.6 Å². The minimum atomic E-state index is -3.98. The van der Waals surface area contributed by atoms with Gasteiger partial charge in [-0.25, -0.2) is 27.1 Å². The molecule has 0 saturated heterocycles. The number of carboxylic acid groups (broad SMARTS) is 1. The number of azo groups is 2. The summed E-state index contributed by atoms with van der Waals surface area (Å²) in [6.07, 6.45) is 0. The Hall–Kier alpha value is -6.88. The van der Waals surface area contributed by atoms with E-state index in [9.17, 15) is 51.5 Å². The van der Waals surface area contributed by atoms with Gasteiger partial charge in [0.2, 0.25) is 20.0 Å². The van der Waals surface area contributed by atoms with Crippen molar-refractivity contribution >= 4 is 54.5 Å². The second-order valence-electron chi connectivity index (χ2n) is 11.5. The first-order chi connectivity index (χ1) is 26.8. The number of carbonyl (C=O) groups is 1. The van der Waals surface area contributed by atoms with E-state index in [1.807, 2.05) is 0 Å². The number of non-ortho nitro benzene ring substituents is 1. The number of rotatable bonds is 10. The van der Waals surface area contributed by atoms with E-state index in [2.05, 4.69) is 30.7 Å². The Morgan fingerprint density at radius 2 is 1.17 bits per heavy atom. The molecule has 0 aliphatic heterocycles.